The van der Waals surface area contributed by atoms with Crippen molar-refractivity contribution in [3.8, 4) is 11.4 Å². The number of primary amides is 1. The molecule has 0 radical (unpaired) electrons. The highest BCUT2D eigenvalue weighted by molar-refractivity contribution is 5.72. The molecule has 0 spiro atoms. The molecular weight excluding hydrogens is 337 g/mol. The van der Waals surface area contributed by atoms with Gasteiger partial charge >= 0.3 is 6.03 Å². The van der Waals surface area contributed by atoms with E-state index in [-0.39, 0.29) is 11.9 Å². The van der Waals surface area contributed by atoms with Crippen LogP contribution < -0.4 is 16.0 Å². The predicted octanol–water partition coefficient (Wildman–Crippen LogP) is 1.57. The Kier molecular flexibility index (Phi) is 4.11. The number of fused-ring (bicyclic) bond motifs is 1. The van der Waals surface area contributed by atoms with Crippen LogP contribution in [0.4, 0.5) is 15.0 Å². The summed E-state index contributed by atoms with van der Waals surface area (Å²) in [6.07, 6.45) is 1.57. The van der Waals surface area contributed by atoms with Gasteiger partial charge in [-0.1, -0.05) is 12.1 Å². The number of nitrogens with one attached hydrogen (secondary N) is 1. The molecule has 1 aromatic carbocycles. The molecule has 1 aliphatic heterocycles. The number of benzene rings is 1. The van der Waals surface area contributed by atoms with Crippen LogP contribution in [0.15, 0.2) is 36.4 Å². The van der Waals surface area contributed by atoms with Crippen LogP contribution in [-0.2, 0) is 0 Å². The van der Waals surface area contributed by atoms with Gasteiger partial charge < -0.3 is 16.0 Å². The molecular formula is C17H18FN7O. The molecule has 2 amide bonds. The maximum Gasteiger partial charge on any atom is 0.312 e. The quantitative estimate of drug-likeness (QED) is 0.742. The number of urea groups is 1. The fraction of sp³-hybridized carbons (Fsp3) is 0.294. The van der Waals surface area contributed by atoms with Crippen LogP contribution in [0.2, 0.25) is 0 Å². The van der Waals surface area contributed by atoms with E-state index in [0.29, 0.717) is 17.0 Å². The minimum atomic E-state index is -0.498. The second-order valence-electron chi connectivity index (χ2n) is 6.23. The summed E-state index contributed by atoms with van der Waals surface area (Å²) >= 11 is 0. The van der Waals surface area contributed by atoms with E-state index in [1.807, 2.05) is 12.1 Å². The lowest BCUT2D eigenvalue weighted by molar-refractivity contribution is 0.242. The van der Waals surface area contributed by atoms with Gasteiger partial charge in [-0.05, 0) is 37.1 Å². The van der Waals surface area contributed by atoms with Crippen LogP contribution >= 0.6 is 0 Å². The smallest absolute Gasteiger partial charge is 0.312 e. The SMILES string of the molecule is NC(=O)NC1CCN(c2ccc3nnc(-c4ccccc4F)n3n2)CC1. The van der Waals surface area contributed by atoms with Crippen molar-refractivity contribution in [2.24, 2.45) is 5.73 Å². The summed E-state index contributed by atoms with van der Waals surface area (Å²) in [4.78, 5) is 13.1. The Labute approximate surface area is 148 Å². The molecule has 1 aliphatic rings. The number of anilines is 1. The summed E-state index contributed by atoms with van der Waals surface area (Å²) in [5.41, 5.74) is 6.09. The number of carbonyl (C=O) groups is 1. The maximum atomic E-state index is 14.1. The number of carbonyl (C=O) groups excluding carboxylic acids is 1. The lowest BCUT2D eigenvalue weighted by Crippen LogP contribution is -2.46. The monoisotopic (exact) mass is 355 g/mol. The van der Waals surface area contributed by atoms with Crippen LogP contribution in [0.3, 0.4) is 0 Å². The molecule has 3 aromatic rings. The number of nitrogens with zero attached hydrogens (tertiary/aromatic N) is 5. The van der Waals surface area contributed by atoms with Gasteiger partial charge in [0, 0.05) is 19.1 Å². The Bertz CT molecular complexity index is 949. The lowest BCUT2D eigenvalue weighted by atomic mass is 10.1. The molecule has 1 saturated heterocycles. The Morgan fingerprint density at radius 3 is 2.65 bits per heavy atom. The molecule has 3 N–H and O–H groups in total. The maximum absolute atomic E-state index is 14.1. The molecule has 0 saturated carbocycles. The van der Waals surface area contributed by atoms with E-state index in [9.17, 15) is 9.18 Å². The topological polar surface area (TPSA) is 101 Å². The normalized spacial score (nSPS) is 15.3. The number of amides is 2. The van der Waals surface area contributed by atoms with Gasteiger partial charge in [-0.3, -0.25) is 0 Å². The van der Waals surface area contributed by atoms with Gasteiger partial charge in [0.25, 0.3) is 0 Å². The van der Waals surface area contributed by atoms with Crippen molar-refractivity contribution in [2.45, 2.75) is 18.9 Å². The van der Waals surface area contributed by atoms with E-state index in [2.05, 4.69) is 25.5 Å². The highest BCUT2D eigenvalue weighted by Gasteiger charge is 2.22. The van der Waals surface area contributed by atoms with Gasteiger partial charge in [-0.2, -0.15) is 4.52 Å². The van der Waals surface area contributed by atoms with Gasteiger partial charge in [0.05, 0.1) is 5.56 Å². The van der Waals surface area contributed by atoms with E-state index in [4.69, 9.17) is 5.73 Å². The van der Waals surface area contributed by atoms with Crippen LogP contribution in [-0.4, -0.2) is 45.0 Å². The standard InChI is InChI=1S/C17H18FN7O/c18-13-4-2-1-3-12(13)16-22-21-14-5-6-15(23-25(14)16)24-9-7-11(8-10-24)20-17(19)26/h1-6,11H,7-10H2,(H3,19,20,26). The largest absolute Gasteiger partial charge is 0.355 e. The molecule has 0 bridgehead atoms. The lowest BCUT2D eigenvalue weighted by Gasteiger charge is -2.32. The fourth-order valence-electron chi connectivity index (χ4n) is 3.21. The van der Waals surface area contributed by atoms with Crippen LogP contribution in [0.1, 0.15) is 12.8 Å². The molecule has 0 aliphatic carbocycles. The molecule has 26 heavy (non-hydrogen) atoms. The summed E-state index contributed by atoms with van der Waals surface area (Å²) in [6, 6.07) is 9.69. The Morgan fingerprint density at radius 1 is 1.15 bits per heavy atom. The molecule has 1 fully saturated rings. The van der Waals surface area contributed by atoms with Crippen molar-refractivity contribution in [2.75, 3.05) is 18.0 Å². The van der Waals surface area contributed by atoms with Crippen molar-refractivity contribution in [1.82, 2.24) is 25.1 Å². The molecule has 134 valence electrons. The predicted molar refractivity (Wildman–Crippen MR) is 94.1 cm³/mol. The molecule has 0 unspecified atom stereocenters. The molecule has 9 heteroatoms. The number of nitrogens with two attached hydrogens (primary N) is 1. The number of piperidine rings is 1. The third kappa shape index (κ3) is 3.03. The molecule has 0 atom stereocenters. The molecule has 3 heterocycles. The van der Waals surface area contributed by atoms with Crippen LogP contribution in [0, 0.1) is 5.82 Å². The van der Waals surface area contributed by atoms with Gasteiger partial charge in [0.1, 0.15) is 11.6 Å². The Morgan fingerprint density at radius 2 is 1.92 bits per heavy atom. The molecule has 4 rings (SSSR count). The van der Waals surface area contributed by atoms with Gasteiger partial charge in [0.15, 0.2) is 11.5 Å². The van der Waals surface area contributed by atoms with Gasteiger partial charge in [0.2, 0.25) is 0 Å². The molecule has 8 nitrogen and oxygen atoms in total. The van der Waals surface area contributed by atoms with Crippen LogP contribution in [0.25, 0.3) is 17.0 Å². The number of rotatable bonds is 3. The van der Waals surface area contributed by atoms with Crippen LogP contribution in [0.5, 0.6) is 0 Å². The van der Waals surface area contributed by atoms with E-state index in [1.54, 1.807) is 22.7 Å². The van der Waals surface area contributed by atoms with E-state index >= 15 is 0 Å². The van der Waals surface area contributed by atoms with Gasteiger partial charge in [-0.15, -0.1) is 15.3 Å². The first-order valence-electron chi connectivity index (χ1n) is 8.40. The first kappa shape index (κ1) is 16.2. The van der Waals surface area contributed by atoms with Crippen molar-refractivity contribution in [1.29, 1.82) is 0 Å². The zero-order valence-electron chi connectivity index (χ0n) is 14.0. The second-order valence-corrected chi connectivity index (χ2v) is 6.23. The third-order valence-corrected chi connectivity index (χ3v) is 4.53. The summed E-state index contributed by atoms with van der Waals surface area (Å²) in [5, 5.41) is 15.5. The summed E-state index contributed by atoms with van der Waals surface area (Å²) < 4.78 is 15.7. The minimum Gasteiger partial charge on any atom is -0.355 e. The number of aromatic nitrogens is 4. The zero-order valence-corrected chi connectivity index (χ0v) is 14.0. The number of hydrogen-bond acceptors (Lipinski definition) is 5. The second kappa shape index (κ2) is 6.58. The number of hydrogen-bond donors (Lipinski definition) is 2. The summed E-state index contributed by atoms with van der Waals surface area (Å²) in [7, 11) is 0. The molecule has 2 aromatic heterocycles. The van der Waals surface area contributed by atoms with Crippen molar-refractivity contribution < 1.29 is 9.18 Å². The number of halogens is 1. The van der Waals surface area contributed by atoms with Crippen molar-refractivity contribution in [3.63, 3.8) is 0 Å². The van der Waals surface area contributed by atoms with E-state index in [0.717, 1.165) is 31.7 Å². The zero-order chi connectivity index (χ0) is 18.1. The van der Waals surface area contributed by atoms with Crippen molar-refractivity contribution >= 4 is 17.5 Å². The summed E-state index contributed by atoms with van der Waals surface area (Å²) in [5.74, 6) is 0.755. The fourth-order valence-corrected chi connectivity index (χ4v) is 3.21. The summed E-state index contributed by atoms with van der Waals surface area (Å²) in [6.45, 7) is 1.47. The van der Waals surface area contributed by atoms with E-state index < -0.39 is 6.03 Å². The average molecular weight is 355 g/mol. The van der Waals surface area contributed by atoms with Crippen molar-refractivity contribution in [3.05, 3.63) is 42.2 Å². The highest BCUT2D eigenvalue weighted by atomic mass is 19.1. The Hall–Kier alpha value is -3.23. The highest BCUT2D eigenvalue weighted by Crippen LogP contribution is 2.23. The minimum absolute atomic E-state index is 0.0800. The van der Waals surface area contributed by atoms with E-state index in [1.165, 1.54) is 6.07 Å². The Balaban J connectivity index is 1.61. The van der Waals surface area contributed by atoms with Gasteiger partial charge in [-0.25, -0.2) is 9.18 Å². The average Bonchev–Trinajstić information content (AvgIpc) is 3.05. The first-order valence-corrected chi connectivity index (χ1v) is 8.40. The first-order chi connectivity index (χ1) is 12.6. The third-order valence-electron chi connectivity index (χ3n) is 4.53.